The first-order valence-corrected chi connectivity index (χ1v) is 13.2. The molecule has 1 amide bonds. The number of anilines is 4. The van der Waals surface area contributed by atoms with Crippen molar-refractivity contribution >= 4 is 57.8 Å². The smallest absolute Gasteiger partial charge is 0.274 e. The van der Waals surface area contributed by atoms with Crippen molar-refractivity contribution in [1.29, 1.82) is 0 Å². The van der Waals surface area contributed by atoms with E-state index in [0.717, 1.165) is 10.6 Å². The maximum atomic E-state index is 11.3. The molecule has 3 heterocycles. The molecule has 0 unspecified atom stereocenters. The highest BCUT2D eigenvalue weighted by atomic mass is 32.2. The van der Waals surface area contributed by atoms with E-state index >= 15 is 0 Å². The molecule has 0 fully saturated rings. The monoisotopic (exact) mass is 602 g/mol. The van der Waals surface area contributed by atoms with Crippen molar-refractivity contribution in [3.05, 3.63) is 106 Å². The SMILES string of the molecule is C=C/C=C1\C=C(/C)SNc2ccc([N+](=O)[O-])cc2O1.Nc1nc(N)c2nc(CNc3ccc(C(=O)NO)cc3)cnc2n1. The average molecular weight is 603 g/mol. The molecule has 5 rings (SSSR count). The Bertz CT molecular complexity index is 1740. The molecule has 1 aliphatic rings. The summed E-state index contributed by atoms with van der Waals surface area (Å²) in [5.41, 5.74) is 16.0. The minimum absolute atomic E-state index is 0.00946. The van der Waals surface area contributed by atoms with Gasteiger partial charge in [-0.05, 0) is 61.4 Å². The Morgan fingerprint density at radius 3 is 2.67 bits per heavy atom. The van der Waals surface area contributed by atoms with Gasteiger partial charge in [-0.1, -0.05) is 12.7 Å². The summed E-state index contributed by atoms with van der Waals surface area (Å²) in [5.74, 6) is 0.650. The fraction of sp³-hybridized carbons (Fsp3) is 0.0741. The number of nitrogens with zero attached hydrogens (tertiary/aromatic N) is 5. The molecular formula is C27H26N10O5S. The van der Waals surface area contributed by atoms with Gasteiger partial charge in [-0.25, -0.2) is 15.4 Å². The number of rotatable bonds is 6. The lowest BCUT2D eigenvalue weighted by Gasteiger charge is -2.16. The molecule has 0 spiro atoms. The first kappa shape index (κ1) is 30.2. The molecule has 43 heavy (non-hydrogen) atoms. The number of nitro benzene ring substituents is 1. The molecule has 0 radical (unpaired) electrons. The quantitative estimate of drug-likeness (QED) is 0.0781. The zero-order valence-corrected chi connectivity index (χ0v) is 23.5. The van der Waals surface area contributed by atoms with Gasteiger partial charge in [-0.2, -0.15) is 9.97 Å². The first-order valence-electron chi connectivity index (χ1n) is 12.4. The van der Waals surface area contributed by atoms with Crippen molar-refractivity contribution in [1.82, 2.24) is 25.4 Å². The van der Waals surface area contributed by atoms with Crippen molar-refractivity contribution in [2.75, 3.05) is 21.5 Å². The number of aromatic nitrogens is 4. The Morgan fingerprint density at radius 2 is 1.98 bits per heavy atom. The number of carbonyl (C=O) groups excluding carboxylic acids is 1. The number of benzene rings is 2. The van der Waals surface area contributed by atoms with Crippen LogP contribution in [0.3, 0.4) is 0 Å². The van der Waals surface area contributed by atoms with Gasteiger partial charge in [0.05, 0.1) is 35.1 Å². The second-order valence-corrected chi connectivity index (χ2v) is 9.73. The highest BCUT2D eigenvalue weighted by Gasteiger charge is 2.15. The van der Waals surface area contributed by atoms with E-state index in [1.165, 1.54) is 24.1 Å². The van der Waals surface area contributed by atoms with Crippen molar-refractivity contribution in [3.63, 3.8) is 0 Å². The van der Waals surface area contributed by atoms with E-state index in [1.54, 1.807) is 54.2 Å². The fourth-order valence-corrected chi connectivity index (χ4v) is 4.19. The summed E-state index contributed by atoms with van der Waals surface area (Å²) in [7, 11) is 0. The van der Waals surface area contributed by atoms with Crippen LogP contribution in [0.4, 0.5) is 28.8 Å². The zero-order valence-electron chi connectivity index (χ0n) is 22.6. The van der Waals surface area contributed by atoms with Gasteiger partial charge < -0.3 is 26.2 Å². The van der Waals surface area contributed by atoms with Gasteiger partial charge in [0.2, 0.25) is 5.95 Å². The van der Waals surface area contributed by atoms with Crippen LogP contribution in [0.1, 0.15) is 23.0 Å². The molecule has 16 heteroatoms. The van der Waals surface area contributed by atoms with E-state index in [9.17, 15) is 14.9 Å². The van der Waals surface area contributed by atoms with Gasteiger partial charge in [0.25, 0.3) is 11.6 Å². The van der Waals surface area contributed by atoms with Crippen molar-refractivity contribution in [3.8, 4) is 5.75 Å². The third-order valence-electron chi connectivity index (χ3n) is 5.58. The number of carbonyl (C=O) groups is 1. The molecule has 0 bridgehead atoms. The Labute approximate surface area is 249 Å². The fourth-order valence-electron chi connectivity index (χ4n) is 3.58. The summed E-state index contributed by atoms with van der Waals surface area (Å²) in [6, 6.07) is 11.0. The minimum Gasteiger partial charge on any atom is -0.455 e. The number of amides is 1. The highest BCUT2D eigenvalue weighted by Crippen LogP contribution is 2.36. The van der Waals surface area contributed by atoms with E-state index < -0.39 is 10.8 Å². The molecule has 0 aliphatic carbocycles. The molecule has 0 saturated heterocycles. The highest BCUT2D eigenvalue weighted by molar-refractivity contribution is 8.04. The van der Waals surface area contributed by atoms with Gasteiger partial charge in [-0.15, -0.1) is 0 Å². The number of hydroxylamine groups is 1. The Kier molecular flexibility index (Phi) is 9.66. The van der Waals surface area contributed by atoms with Crippen molar-refractivity contribution in [2.24, 2.45) is 0 Å². The molecule has 220 valence electrons. The number of allylic oxidation sites excluding steroid dienone is 4. The maximum absolute atomic E-state index is 11.3. The number of nitrogens with one attached hydrogen (secondary N) is 3. The second kappa shape index (κ2) is 13.7. The van der Waals surface area contributed by atoms with E-state index in [4.69, 9.17) is 21.4 Å². The minimum atomic E-state index is -0.573. The topological polar surface area (TPSA) is 229 Å². The second-order valence-electron chi connectivity index (χ2n) is 8.68. The number of fused-ring (bicyclic) bond motifs is 2. The predicted octanol–water partition coefficient (Wildman–Crippen LogP) is 4.34. The van der Waals surface area contributed by atoms with Crippen LogP contribution in [0.5, 0.6) is 5.75 Å². The number of nitro groups is 1. The van der Waals surface area contributed by atoms with Crippen LogP contribution in [-0.4, -0.2) is 36.0 Å². The molecule has 1 aliphatic heterocycles. The summed E-state index contributed by atoms with van der Waals surface area (Å²) in [4.78, 5) is 38.9. The number of hydrogen-bond donors (Lipinski definition) is 6. The standard InChI is InChI=1S/C14H14N8O2.C13H12N2O3S/c15-11-10-12(21-14(16)20-11)18-6-9(19-10)5-17-8-3-1-7(2-4-8)13(23)22-24;1-3-4-11-7-9(2)19-14-12-6-5-10(15(16)17)8-13(12)18-11/h1-4,6,17,24H,5H2,(H,22,23)(H4,15,16,18,20,21);3-8,14H,1H2,2H3/b;9-7+,11-4+. The summed E-state index contributed by atoms with van der Waals surface area (Å²) in [6.07, 6.45) is 6.71. The maximum Gasteiger partial charge on any atom is 0.274 e. The summed E-state index contributed by atoms with van der Waals surface area (Å²) < 4.78 is 8.76. The van der Waals surface area contributed by atoms with Crippen LogP contribution in [0, 0.1) is 10.1 Å². The van der Waals surface area contributed by atoms with Crippen LogP contribution in [0.15, 0.2) is 84.1 Å². The molecule has 0 saturated carbocycles. The van der Waals surface area contributed by atoms with Crippen LogP contribution < -0.4 is 31.7 Å². The third kappa shape index (κ3) is 7.93. The molecule has 15 nitrogen and oxygen atoms in total. The number of nitrogen functional groups attached to an aromatic ring is 2. The van der Waals surface area contributed by atoms with E-state index in [2.05, 4.69) is 36.6 Å². The molecule has 8 N–H and O–H groups in total. The van der Waals surface area contributed by atoms with Crippen LogP contribution in [-0.2, 0) is 6.54 Å². The molecular weight excluding hydrogens is 576 g/mol. The lowest BCUT2D eigenvalue weighted by atomic mass is 10.2. The summed E-state index contributed by atoms with van der Waals surface area (Å²) in [5, 5.41) is 22.5. The zero-order chi connectivity index (χ0) is 30.9. The first-order chi connectivity index (χ1) is 20.7. The lowest BCUT2D eigenvalue weighted by Crippen LogP contribution is -2.18. The van der Waals surface area contributed by atoms with Crippen LogP contribution >= 0.6 is 11.9 Å². The Morgan fingerprint density at radius 1 is 1.21 bits per heavy atom. The predicted molar refractivity (Wildman–Crippen MR) is 164 cm³/mol. The Balaban J connectivity index is 0.000000203. The van der Waals surface area contributed by atoms with Gasteiger partial charge in [0.1, 0.15) is 5.76 Å². The van der Waals surface area contributed by atoms with Crippen LogP contribution in [0.25, 0.3) is 11.2 Å². The van der Waals surface area contributed by atoms with Gasteiger partial charge in [0, 0.05) is 22.2 Å². The largest absolute Gasteiger partial charge is 0.455 e. The average Bonchev–Trinajstić information content (AvgIpc) is 2.99. The van der Waals surface area contributed by atoms with Gasteiger partial charge in [-0.3, -0.25) is 20.1 Å². The van der Waals surface area contributed by atoms with E-state index in [0.29, 0.717) is 46.2 Å². The lowest BCUT2D eigenvalue weighted by molar-refractivity contribution is -0.384. The molecule has 2 aromatic carbocycles. The van der Waals surface area contributed by atoms with Crippen molar-refractivity contribution in [2.45, 2.75) is 13.5 Å². The van der Waals surface area contributed by atoms with Gasteiger partial charge >= 0.3 is 0 Å². The number of non-ortho nitro benzene ring substituents is 1. The number of hydrogen-bond acceptors (Lipinski definition) is 14. The number of ether oxygens (including phenoxy) is 1. The third-order valence-corrected chi connectivity index (χ3v) is 6.34. The Hall–Kier alpha value is -5.74. The summed E-state index contributed by atoms with van der Waals surface area (Å²) in [6.45, 7) is 5.95. The molecule has 0 atom stereocenters. The normalized spacial score (nSPS) is 14.3. The molecule has 2 aromatic heterocycles. The van der Waals surface area contributed by atoms with E-state index in [-0.39, 0.29) is 17.5 Å². The number of nitrogens with two attached hydrogens (primary N) is 2. The van der Waals surface area contributed by atoms with E-state index in [1.807, 2.05) is 13.0 Å². The van der Waals surface area contributed by atoms with Crippen molar-refractivity contribution < 1.29 is 19.7 Å². The summed E-state index contributed by atoms with van der Waals surface area (Å²) >= 11 is 1.42. The van der Waals surface area contributed by atoms with Gasteiger partial charge in [0.15, 0.2) is 22.7 Å². The molecule has 4 aromatic rings. The van der Waals surface area contributed by atoms with Crippen LogP contribution in [0.2, 0.25) is 0 Å².